The molecule has 0 aromatic heterocycles. The minimum absolute atomic E-state index is 0.191. The Morgan fingerprint density at radius 3 is 1.50 bits per heavy atom. The van der Waals surface area contributed by atoms with E-state index >= 15 is 0 Å². The second-order valence-electron chi connectivity index (χ2n) is 12.2. The van der Waals surface area contributed by atoms with Crippen LogP contribution in [0, 0.1) is 0 Å². The molecular formula is C39H67O8P. The van der Waals surface area contributed by atoms with Gasteiger partial charge >= 0.3 is 19.8 Å². The molecule has 0 aliphatic carbocycles. The highest BCUT2D eigenvalue weighted by atomic mass is 31.2. The van der Waals surface area contributed by atoms with Crippen LogP contribution in [0.1, 0.15) is 155 Å². The van der Waals surface area contributed by atoms with Crippen molar-refractivity contribution < 1.29 is 37.9 Å². The Hall–Kier alpha value is -2.25. The van der Waals surface area contributed by atoms with Crippen LogP contribution in [0.25, 0.3) is 0 Å². The number of unbranched alkanes of at least 4 members (excludes halogenated alkanes) is 13. The van der Waals surface area contributed by atoms with Crippen LogP contribution in [0.15, 0.2) is 60.8 Å². The van der Waals surface area contributed by atoms with Crippen molar-refractivity contribution in [2.45, 2.75) is 161 Å². The lowest BCUT2D eigenvalue weighted by atomic mass is 10.1. The van der Waals surface area contributed by atoms with Gasteiger partial charge in [-0.1, -0.05) is 126 Å². The van der Waals surface area contributed by atoms with Gasteiger partial charge in [-0.15, -0.1) is 0 Å². The highest BCUT2D eigenvalue weighted by molar-refractivity contribution is 7.46. The highest BCUT2D eigenvalue weighted by Crippen LogP contribution is 2.35. The number of carbonyl (C=O) groups excluding carboxylic acids is 2. The van der Waals surface area contributed by atoms with Crippen LogP contribution in [0.5, 0.6) is 0 Å². The summed E-state index contributed by atoms with van der Waals surface area (Å²) in [5.41, 5.74) is 0. The number of esters is 2. The maximum atomic E-state index is 12.3. The minimum Gasteiger partial charge on any atom is -0.462 e. The molecule has 0 aliphatic rings. The molecule has 0 amide bonds. The standard InChI is InChI=1S/C39H67O8P/c1-3-5-7-9-11-13-15-16-17-18-19-20-21-22-24-25-27-29-31-33-38(40)45-35-37(36-46-48(42,43)44)47-39(41)34-32-30-28-26-23-14-12-10-8-6-4-2/h10-13,16-17,19-20,22,24,37H,3-9,14-15,18,21,23,25-36H2,1-2H3,(H2,42,43,44)/b12-10-,13-11-,17-16-,20-19-,24-22-/t37-/m1/s1. The van der Waals surface area contributed by atoms with Gasteiger partial charge < -0.3 is 19.3 Å². The molecule has 0 aliphatic heterocycles. The average Bonchev–Trinajstić information content (AvgIpc) is 3.05. The molecule has 0 radical (unpaired) electrons. The number of phosphoric acid groups is 1. The van der Waals surface area contributed by atoms with Crippen molar-refractivity contribution in [1.29, 1.82) is 0 Å². The van der Waals surface area contributed by atoms with Crippen molar-refractivity contribution in [3.05, 3.63) is 60.8 Å². The molecule has 1 atom stereocenters. The van der Waals surface area contributed by atoms with Crippen molar-refractivity contribution in [2.24, 2.45) is 0 Å². The number of hydrogen-bond acceptors (Lipinski definition) is 6. The van der Waals surface area contributed by atoms with Crippen molar-refractivity contribution in [3.8, 4) is 0 Å². The van der Waals surface area contributed by atoms with Crippen molar-refractivity contribution >= 4 is 19.8 Å². The number of ether oxygens (including phenoxy) is 2. The SMILES string of the molecule is CCCC/C=C\CCCCCCCC(=O)O[C@H](COC(=O)CCCCC/C=C\C/C=C\C/C=C\C/C=C\CCCCC)COP(=O)(O)O. The monoisotopic (exact) mass is 694 g/mol. The van der Waals surface area contributed by atoms with Gasteiger partial charge in [-0.05, 0) is 77.0 Å². The molecule has 0 rings (SSSR count). The molecule has 9 heteroatoms. The third kappa shape index (κ3) is 36.6. The first-order chi connectivity index (χ1) is 23.3. The van der Waals surface area contributed by atoms with E-state index in [1.165, 1.54) is 38.5 Å². The van der Waals surface area contributed by atoms with E-state index in [0.29, 0.717) is 12.8 Å². The number of carbonyl (C=O) groups is 2. The molecule has 0 bridgehead atoms. The second-order valence-corrected chi connectivity index (χ2v) is 13.4. The van der Waals surface area contributed by atoms with E-state index in [0.717, 1.165) is 77.0 Å². The molecule has 48 heavy (non-hydrogen) atoms. The predicted octanol–water partition coefficient (Wildman–Crippen LogP) is 11.0. The Kier molecular flexibility index (Phi) is 33.0. The fraction of sp³-hybridized carbons (Fsp3) is 0.692. The summed E-state index contributed by atoms with van der Waals surface area (Å²) in [4.78, 5) is 42.6. The van der Waals surface area contributed by atoms with Crippen LogP contribution in [-0.4, -0.2) is 41.0 Å². The Labute approximate surface area is 292 Å². The van der Waals surface area contributed by atoms with Crippen LogP contribution in [0.4, 0.5) is 0 Å². The van der Waals surface area contributed by atoms with Crippen LogP contribution < -0.4 is 0 Å². The predicted molar refractivity (Wildman–Crippen MR) is 197 cm³/mol. The zero-order valence-electron chi connectivity index (χ0n) is 30.1. The maximum absolute atomic E-state index is 12.3. The number of allylic oxidation sites excluding steroid dienone is 10. The summed E-state index contributed by atoms with van der Waals surface area (Å²) >= 11 is 0. The third-order valence-electron chi connectivity index (χ3n) is 7.51. The quantitative estimate of drug-likeness (QED) is 0.0301. The van der Waals surface area contributed by atoms with Crippen LogP contribution in [0.3, 0.4) is 0 Å². The molecule has 0 spiro atoms. The van der Waals surface area contributed by atoms with Crippen molar-refractivity contribution in [3.63, 3.8) is 0 Å². The average molecular weight is 695 g/mol. The van der Waals surface area contributed by atoms with Gasteiger partial charge in [-0.3, -0.25) is 14.1 Å². The molecule has 0 saturated carbocycles. The van der Waals surface area contributed by atoms with Gasteiger partial charge in [0.2, 0.25) is 0 Å². The lowest BCUT2D eigenvalue weighted by Gasteiger charge is -2.18. The number of phosphoric ester groups is 1. The maximum Gasteiger partial charge on any atom is 0.469 e. The zero-order valence-corrected chi connectivity index (χ0v) is 31.0. The molecule has 0 aromatic carbocycles. The van der Waals surface area contributed by atoms with Gasteiger partial charge in [0.15, 0.2) is 6.10 Å². The van der Waals surface area contributed by atoms with Crippen LogP contribution in [0.2, 0.25) is 0 Å². The molecular weight excluding hydrogens is 627 g/mol. The van der Waals surface area contributed by atoms with E-state index < -0.39 is 32.5 Å². The highest BCUT2D eigenvalue weighted by Gasteiger charge is 2.22. The fourth-order valence-electron chi connectivity index (χ4n) is 4.69. The Bertz CT molecular complexity index is 963. The summed E-state index contributed by atoms with van der Waals surface area (Å²) < 4.78 is 26.2. The third-order valence-corrected chi connectivity index (χ3v) is 7.99. The van der Waals surface area contributed by atoms with E-state index in [9.17, 15) is 14.2 Å². The summed E-state index contributed by atoms with van der Waals surface area (Å²) in [7, 11) is -4.76. The van der Waals surface area contributed by atoms with E-state index in [2.05, 4.69) is 79.1 Å². The summed E-state index contributed by atoms with van der Waals surface area (Å²) in [6, 6.07) is 0. The van der Waals surface area contributed by atoms with Gasteiger partial charge in [0.05, 0.1) is 6.61 Å². The first-order valence-electron chi connectivity index (χ1n) is 18.6. The van der Waals surface area contributed by atoms with E-state index in [1.54, 1.807) is 0 Å². The second kappa shape index (κ2) is 34.6. The van der Waals surface area contributed by atoms with Crippen LogP contribution in [-0.2, 0) is 28.2 Å². The smallest absolute Gasteiger partial charge is 0.462 e. The fourth-order valence-corrected chi connectivity index (χ4v) is 5.05. The van der Waals surface area contributed by atoms with Gasteiger partial charge in [-0.25, -0.2) is 4.57 Å². The summed E-state index contributed by atoms with van der Waals surface area (Å²) in [5, 5.41) is 0. The van der Waals surface area contributed by atoms with Gasteiger partial charge in [0.25, 0.3) is 0 Å². The van der Waals surface area contributed by atoms with Crippen molar-refractivity contribution in [2.75, 3.05) is 13.2 Å². The lowest BCUT2D eigenvalue weighted by molar-refractivity contribution is -0.161. The van der Waals surface area contributed by atoms with Gasteiger partial charge in [-0.2, -0.15) is 0 Å². The zero-order chi connectivity index (χ0) is 35.4. The topological polar surface area (TPSA) is 119 Å². The van der Waals surface area contributed by atoms with E-state index in [-0.39, 0.29) is 19.4 Å². The molecule has 0 fully saturated rings. The molecule has 276 valence electrons. The first-order valence-corrected chi connectivity index (χ1v) is 20.1. The molecule has 0 aromatic rings. The van der Waals surface area contributed by atoms with Gasteiger partial charge in [0.1, 0.15) is 6.61 Å². The number of hydrogen-bond donors (Lipinski definition) is 2. The molecule has 8 nitrogen and oxygen atoms in total. The van der Waals surface area contributed by atoms with Crippen LogP contribution >= 0.6 is 7.82 Å². The molecule has 0 unspecified atom stereocenters. The summed E-state index contributed by atoms with van der Waals surface area (Å²) in [6.45, 7) is 3.56. The Morgan fingerprint density at radius 1 is 0.542 bits per heavy atom. The molecule has 0 saturated heterocycles. The summed E-state index contributed by atoms with van der Waals surface area (Å²) in [6.07, 6.45) is 42.3. The Balaban J connectivity index is 4.05. The summed E-state index contributed by atoms with van der Waals surface area (Å²) in [5.74, 6) is -0.939. The number of rotatable bonds is 33. The normalized spacial score (nSPS) is 13.2. The van der Waals surface area contributed by atoms with Crippen molar-refractivity contribution in [1.82, 2.24) is 0 Å². The minimum atomic E-state index is -4.76. The molecule has 2 N–H and O–H groups in total. The van der Waals surface area contributed by atoms with E-state index in [1.807, 2.05) is 0 Å². The van der Waals surface area contributed by atoms with Gasteiger partial charge in [0, 0.05) is 12.8 Å². The lowest BCUT2D eigenvalue weighted by Crippen LogP contribution is -2.29. The molecule has 0 heterocycles. The Morgan fingerprint density at radius 2 is 0.958 bits per heavy atom. The van der Waals surface area contributed by atoms with E-state index in [4.69, 9.17) is 19.3 Å². The first kappa shape index (κ1) is 45.8. The largest absolute Gasteiger partial charge is 0.469 e.